The van der Waals surface area contributed by atoms with Crippen LogP contribution in [0.15, 0.2) is 0 Å². The quantitative estimate of drug-likeness (QED) is 0.379. The number of rotatable bonds is 0. The zero-order chi connectivity index (χ0) is 0. The Labute approximate surface area is 66.1 Å². The van der Waals surface area contributed by atoms with Crippen LogP contribution in [0.3, 0.4) is 0 Å². The van der Waals surface area contributed by atoms with Crippen LogP contribution in [-0.2, 0) is 0 Å². The van der Waals surface area contributed by atoms with Crippen molar-refractivity contribution in [2.75, 3.05) is 0 Å². The van der Waals surface area contributed by atoms with Gasteiger partial charge in [-0.3, -0.25) is 0 Å². The van der Waals surface area contributed by atoms with E-state index in [0.717, 1.165) is 0 Å². The average Bonchev–Trinajstić information content (AvgIpc) is 0. The van der Waals surface area contributed by atoms with Crippen molar-refractivity contribution in [1.82, 2.24) is 0 Å². The first-order valence-corrected chi connectivity index (χ1v) is 0. The molecule has 0 saturated carbocycles. The molecule has 0 aromatic rings. The van der Waals surface area contributed by atoms with Gasteiger partial charge in [-0.1, -0.05) is 0 Å². The van der Waals surface area contributed by atoms with Crippen LogP contribution in [0.25, 0.3) is 0 Å². The molecular weight excluding hydrogens is 177 g/mol. The van der Waals surface area contributed by atoms with Crippen molar-refractivity contribution in [3.8, 4) is 0 Å². The molecule has 16 valence electrons. The minimum atomic E-state index is 0. The first-order chi connectivity index (χ1) is 0. The molecule has 0 unspecified atom stereocenters. The van der Waals surface area contributed by atoms with E-state index in [0.29, 0.717) is 0 Å². The Hall–Kier alpha value is 1.62. The largest absolute Gasteiger partial charge is 3.00 e. The van der Waals surface area contributed by atoms with E-state index in [1.807, 2.05) is 0 Å². The second kappa shape index (κ2) is 45.6. The fourth-order valence-corrected chi connectivity index (χ4v) is 0. The Morgan fingerprint density at radius 3 is 0.400 bits per heavy atom. The van der Waals surface area contributed by atoms with Crippen molar-refractivity contribution in [2.24, 2.45) is 0 Å². The molecule has 0 nitrogen and oxygen atoms in total. The van der Waals surface area contributed by atoms with Crippen molar-refractivity contribution in [3.63, 3.8) is 0 Å². The van der Waals surface area contributed by atoms with Crippen LogP contribution in [-0.4, -0.2) is 66.3 Å². The summed E-state index contributed by atoms with van der Waals surface area (Å²) in [5, 5.41) is 0. The Morgan fingerprint density at radius 2 is 0.400 bits per heavy atom. The van der Waals surface area contributed by atoms with Gasteiger partial charge in [0.15, 0.2) is 0 Å². The van der Waals surface area contributed by atoms with Crippen molar-refractivity contribution >= 4 is 66.3 Å². The Balaban J connectivity index is 0. The summed E-state index contributed by atoms with van der Waals surface area (Å²) in [7, 11) is 0. The summed E-state index contributed by atoms with van der Waals surface area (Å²) in [6.07, 6.45) is 0. The van der Waals surface area contributed by atoms with Gasteiger partial charge in [-0.05, 0) is 0 Å². The molecule has 0 radical (unpaired) electrons. The van der Waals surface area contributed by atoms with Crippen LogP contribution in [0.5, 0.6) is 0 Å². The molecular formula is As2Be3. The SMILES string of the molecule is [As-3].[As-3].[Be+2].[Be+2].[Be+2]. The molecule has 5 heavy (non-hydrogen) atoms. The molecule has 0 saturated heterocycles. The van der Waals surface area contributed by atoms with Crippen LogP contribution in [0, 0.1) is 0 Å². The van der Waals surface area contributed by atoms with Gasteiger partial charge < -0.3 is 35.9 Å². The van der Waals surface area contributed by atoms with E-state index in [2.05, 4.69) is 0 Å². The Bertz CT molecular complexity index is 4.85. The molecule has 0 aliphatic carbocycles. The van der Waals surface area contributed by atoms with Crippen LogP contribution in [0.1, 0.15) is 0 Å². The van der Waals surface area contributed by atoms with Crippen molar-refractivity contribution < 1.29 is 0 Å². The summed E-state index contributed by atoms with van der Waals surface area (Å²) in [4.78, 5) is 0. The third-order valence-corrected chi connectivity index (χ3v) is 0. The minimum absolute atomic E-state index is 0. The zero-order valence-corrected chi connectivity index (χ0v) is 6.77. The molecule has 0 atom stereocenters. The average molecular weight is 177 g/mol. The molecule has 0 N–H and O–H groups in total. The molecule has 0 spiro atoms. The second-order valence-electron chi connectivity index (χ2n) is 0. The van der Waals surface area contributed by atoms with E-state index in [4.69, 9.17) is 0 Å². The molecule has 0 amide bonds. The molecule has 0 aliphatic rings. The summed E-state index contributed by atoms with van der Waals surface area (Å²) in [6, 6.07) is 0. The second-order valence-corrected chi connectivity index (χ2v) is 0. The maximum absolute atomic E-state index is 0. The third kappa shape index (κ3) is 28.0. The van der Waals surface area contributed by atoms with Gasteiger partial charge in [0.25, 0.3) is 0 Å². The van der Waals surface area contributed by atoms with Crippen molar-refractivity contribution in [1.29, 1.82) is 0 Å². The van der Waals surface area contributed by atoms with E-state index >= 15 is 0 Å². The van der Waals surface area contributed by atoms with Gasteiger partial charge in [0, 0.05) is 0 Å². The molecule has 0 rings (SSSR count). The van der Waals surface area contributed by atoms with Crippen LogP contribution in [0.2, 0.25) is 0 Å². The van der Waals surface area contributed by atoms with Gasteiger partial charge >= 0.3 is 30.4 Å². The van der Waals surface area contributed by atoms with E-state index in [-0.39, 0.29) is 66.3 Å². The molecule has 5 heteroatoms. The monoisotopic (exact) mass is 177 g/mol. The van der Waals surface area contributed by atoms with Crippen molar-refractivity contribution in [2.45, 2.75) is 0 Å². The number of hydrogen-bond acceptors (Lipinski definition) is 0. The first-order valence-electron chi connectivity index (χ1n) is 0. The van der Waals surface area contributed by atoms with Gasteiger partial charge in [0.2, 0.25) is 0 Å². The van der Waals surface area contributed by atoms with Crippen LogP contribution in [0.4, 0.5) is 0 Å². The standard InChI is InChI=1S/2As.3Be/q2*-3;3*+2. The predicted octanol–water partition coefficient (Wildman–Crippen LogP) is -1.90. The van der Waals surface area contributed by atoms with E-state index in [1.54, 1.807) is 0 Å². The van der Waals surface area contributed by atoms with Crippen LogP contribution >= 0.6 is 0 Å². The van der Waals surface area contributed by atoms with Crippen LogP contribution < -0.4 is 0 Å². The maximum Gasteiger partial charge on any atom is 2.00 e. The summed E-state index contributed by atoms with van der Waals surface area (Å²) in [6.45, 7) is 0. The third-order valence-electron chi connectivity index (χ3n) is 0. The van der Waals surface area contributed by atoms with Gasteiger partial charge in [-0.2, -0.15) is 0 Å². The summed E-state index contributed by atoms with van der Waals surface area (Å²) in [5.74, 6) is 0. The van der Waals surface area contributed by atoms with Gasteiger partial charge in [0.05, 0.1) is 0 Å². The van der Waals surface area contributed by atoms with Crippen molar-refractivity contribution in [3.05, 3.63) is 0 Å². The number of hydrogen-bond donors (Lipinski definition) is 0. The first kappa shape index (κ1) is 79.5. The molecule has 0 fully saturated rings. The van der Waals surface area contributed by atoms with Gasteiger partial charge in [-0.25, -0.2) is 0 Å². The van der Waals surface area contributed by atoms with E-state index in [1.165, 1.54) is 0 Å². The maximum atomic E-state index is 0. The molecule has 0 heterocycles. The van der Waals surface area contributed by atoms with Gasteiger partial charge in [-0.15, -0.1) is 0 Å². The normalized spacial score (nSPS) is 0. The Morgan fingerprint density at radius 1 is 0.400 bits per heavy atom. The smallest absolute Gasteiger partial charge is 2.00 e. The van der Waals surface area contributed by atoms with Gasteiger partial charge in [0.1, 0.15) is 0 Å². The minimum Gasteiger partial charge on any atom is -3.00 e. The predicted molar refractivity (Wildman–Crippen MR) is 28.8 cm³/mol. The molecule has 0 aromatic heterocycles. The Kier molecular flexibility index (Phi) is 725. The molecule has 0 aliphatic heterocycles. The molecule has 0 aromatic carbocycles. The summed E-state index contributed by atoms with van der Waals surface area (Å²) in [5.41, 5.74) is 0. The fourth-order valence-electron chi connectivity index (χ4n) is 0. The molecule has 0 bridgehead atoms. The zero-order valence-electron chi connectivity index (χ0n) is 3.02. The summed E-state index contributed by atoms with van der Waals surface area (Å²) < 4.78 is 0. The topological polar surface area (TPSA) is 0 Å². The fraction of sp³-hybridized carbons (Fsp3) is 0. The van der Waals surface area contributed by atoms with E-state index < -0.39 is 0 Å². The van der Waals surface area contributed by atoms with E-state index in [9.17, 15) is 0 Å². The summed E-state index contributed by atoms with van der Waals surface area (Å²) >= 11 is 0.